The maximum atomic E-state index is 12.2. The van der Waals surface area contributed by atoms with Crippen LogP contribution in [0.4, 0.5) is 5.69 Å². The highest BCUT2D eigenvalue weighted by Crippen LogP contribution is 2.21. The molecule has 118 valence electrons. The van der Waals surface area contributed by atoms with E-state index in [0.717, 1.165) is 17.7 Å². The highest BCUT2D eigenvalue weighted by molar-refractivity contribution is 8.00. The number of benzene rings is 1. The van der Waals surface area contributed by atoms with Gasteiger partial charge in [-0.05, 0) is 38.0 Å². The quantitative estimate of drug-likeness (QED) is 0.801. The first-order valence-corrected chi connectivity index (χ1v) is 8.08. The van der Waals surface area contributed by atoms with Crippen molar-refractivity contribution in [3.63, 3.8) is 0 Å². The number of H-pyrrole nitrogens is 1. The fourth-order valence-electron chi connectivity index (χ4n) is 1.99. The molecule has 2 rings (SSSR count). The second-order valence-electron chi connectivity index (χ2n) is 5.08. The van der Waals surface area contributed by atoms with E-state index >= 15 is 0 Å². The Kier molecular flexibility index (Phi) is 5.43. The van der Waals surface area contributed by atoms with Crippen molar-refractivity contribution in [3.8, 4) is 0 Å². The normalized spacial score (nSPS) is 12.1. The number of rotatable bonds is 6. The molecule has 0 fully saturated rings. The summed E-state index contributed by atoms with van der Waals surface area (Å²) in [5, 5.41) is 9.48. The summed E-state index contributed by atoms with van der Waals surface area (Å²) in [6, 6.07) is 7.64. The number of nitrogens with one attached hydrogen (secondary N) is 2. The summed E-state index contributed by atoms with van der Waals surface area (Å²) in [5.41, 5.74) is 1.61. The molecule has 0 aliphatic carbocycles. The minimum atomic E-state index is -0.355. The Labute approximate surface area is 133 Å². The molecule has 0 aliphatic heterocycles. The van der Waals surface area contributed by atoms with Crippen LogP contribution in [0.15, 0.2) is 34.2 Å². The van der Waals surface area contributed by atoms with E-state index in [1.165, 1.54) is 11.8 Å². The minimum absolute atomic E-state index is 0.117. The van der Waals surface area contributed by atoms with Crippen LogP contribution in [0.2, 0.25) is 0 Å². The fourth-order valence-corrected chi connectivity index (χ4v) is 2.87. The Morgan fingerprint density at radius 3 is 2.95 bits per heavy atom. The summed E-state index contributed by atoms with van der Waals surface area (Å²) in [6.07, 6.45) is 0.830. The number of hydrogen-bond donors (Lipinski definition) is 2. The topological polar surface area (TPSA) is 79.8 Å². The van der Waals surface area contributed by atoms with Gasteiger partial charge in [0.05, 0.1) is 5.25 Å². The van der Waals surface area contributed by atoms with Crippen molar-refractivity contribution in [1.29, 1.82) is 0 Å². The van der Waals surface area contributed by atoms with Gasteiger partial charge >= 0.3 is 5.69 Å². The van der Waals surface area contributed by atoms with Crippen molar-refractivity contribution in [3.05, 3.63) is 40.3 Å². The number of amides is 1. The van der Waals surface area contributed by atoms with Gasteiger partial charge < -0.3 is 5.32 Å². The molecule has 6 nitrogen and oxygen atoms in total. The molecule has 0 saturated carbocycles. The molecule has 1 unspecified atom stereocenters. The Hall–Kier alpha value is -2.02. The van der Waals surface area contributed by atoms with E-state index in [1.54, 1.807) is 11.5 Å². The number of aromatic amines is 1. The Morgan fingerprint density at radius 1 is 1.50 bits per heavy atom. The van der Waals surface area contributed by atoms with Crippen molar-refractivity contribution in [2.24, 2.45) is 0 Å². The smallest absolute Gasteiger partial charge is 0.325 e. The van der Waals surface area contributed by atoms with E-state index in [9.17, 15) is 9.59 Å². The van der Waals surface area contributed by atoms with Crippen molar-refractivity contribution in [2.75, 3.05) is 5.32 Å². The third-order valence-electron chi connectivity index (χ3n) is 3.11. The average molecular weight is 320 g/mol. The van der Waals surface area contributed by atoms with E-state index in [4.69, 9.17) is 0 Å². The van der Waals surface area contributed by atoms with E-state index in [2.05, 4.69) is 15.5 Å². The predicted octanol–water partition coefficient (Wildman–Crippen LogP) is 2.41. The zero-order valence-corrected chi connectivity index (χ0v) is 13.7. The van der Waals surface area contributed by atoms with Crippen LogP contribution in [0.25, 0.3) is 0 Å². The lowest BCUT2D eigenvalue weighted by Crippen LogP contribution is -2.24. The number of aryl methyl sites for hydroxylation is 1. The zero-order valence-electron chi connectivity index (χ0n) is 12.9. The predicted molar refractivity (Wildman–Crippen MR) is 88.3 cm³/mol. The summed E-state index contributed by atoms with van der Waals surface area (Å²) < 4.78 is 1.56. The van der Waals surface area contributed by atoms with Gasteiger partial charge in [-0.15, -0.1) is 5.10 Å². The van der Waals surface area contributed by atoms with Crippen LogP contribution in [-0.4, -0.2) is 25.9 Å². The molecule has 7 heteroatoms. The van der Waals surface area contributed by atoms with Gasteiger partial charge in [0.2, 0.25) is 5.91 Å². The average Bonchev–Trinajstić information content (AvgIpc) is 2.80. The van der Waals surface area contributed by atoms with Crippen LogP contribution < -0.4 is 11.0 Å². The standard InChI is InChI=1S/C15H20N4O2S/c1-4-8-19-14(21)17-18-15(19)22-11(3)13(20)16-12-7-5-6-10(2)9-12/h5-7,9,11H,4,8H2,1-3H3,(H,16,20)(H,17,21). The molecule has 1 heterocycles. The van der Waals surface area contributed by atoms with E-state index in [-0.39, 0.29) is 16.8 Å². The first kappa shape index (κ1) is 16.4. The van der Waals surface area contributed by atoms with Gasteiger partial charge in [0.1, 0.15) is 0 Å². The summed E-state index contributed by atoms with van der Waals surface area (Å²) >= 11 is 1.27. The maximum absolute atomic E-state index is 12.2. The molecule has 0 radical (unpaired) electrons. The number of aromatic nitrogens is 3. The molecule has 2 N–H and O–H groups in total. The molecule has 1 aromatic carbocycles. The number of nitrogens with zero attached hydrogens (tertiary/aromatic N) is 2. The first-order valence-electron chi connectivity index (χ1n) is 7.20. The number of anilines is 1. The van der Waals surface area contributed by atoms with Crippen LogP contribution in [0.5, 0.6) is 0 Å². The second kappa shape index (κ2) is 7.31. The van der Waals surface area contributed by atoms with E-state index < -0.39 is 0 Å². The van der Waals surface area contributed by atoms with Crippen LogP contribution in [0, 0.1) is 6.92 Å². The maximum Gasteiger partial charge on any atom is 0.343 e. The molecule has 0 bridgehead atoms. The number of carbonyl (C=O) groups is 1. The Balaban J connectivity index is 2.04. The van der Waals surface area contributed by atoms with E-state index in [1.807, 2.05) is 38.1 Å². The number of carbonyl (C=O) groups excluding carboxylic acids is 1. The molecule has 1 aromatic heterocycles. The molecular weight excluding hydrogens is 300 g/mol. The SMILES string of the molecule is CCCn1c(SC(C)C(=O)Nc2cccc(C)c2)n[nH]c1=O. The second-order valence-corrected chi connectivity index (χ2v) is 6.39. The summed E-state index contributed by atoms with van der Waals surface area (Å²) in [5.74, 6) is -0.117. The molecular formula is C15H20N4O2S. The van der Waals surface area contributed by atoms with Gasteiger partial charge in [-0.3, -0.25) is 9.36 Å². The molecule has 0 spiro atoms. The molecule has 0 saturated heterocycles. The summed E-state index contributed by atoms with van der Waals surface area (Å²) in [7, 11) is 0. The van der Waals surface area contributed by atoms with E-state index in [0.29, 0.717) is 11.7 Å². The lowest BCUT2D eigenvalue weighted by molar-refractivity contribution is -0.115. The van der Waals surface area contributed by atoms with Crippen LogP contribution in [0.1, 0.15) is 25.8 Å². The van der Waals surface area contributed by atoms with Crippen molar-refractivity contribution >= 4 is 23.4 Å². The van der Waals surface area contributed by atoms with Gasteiger partial charge in [0.25, 0.3) is 0 Å². The molecule has 1 amide bonds. The summed E-state index contributed by atoms with van der Waals surface area (Å²) in [6.45, 7) is 6.35. The van der Waals surface area contributed by atoms with Crippen molar-refractivity contribution in [2.45, 2.75) is 44.1 Å². The molecule has 22 heavy (non-hydrogen) atoms. The van der Waals surface area contributed by atoms with Crippen molar-refractivity contribution in [1.82, 2.24) is 14.8 Å². The lowest BCUT2D eigenvalue weighted by atomic mass is 10.2. The van der Waals surface area contributed by atoms with Gasteiger partial charge in [0, 0.05) is 12.2 Å². The van der Waals surface area contributed by atoms with Gasteiger partial charge in [0.15, 0.2) is 5.16 Å². The van der Waals surface area contributed by atoms with Gasteiger partial charge in [-0.1, -0.05) is 30.8 Å². The van der Waals surface area contributed by atoms with Crippen molar-refractivity contribution < 1.29 is 4.79 Å². The highest BCUT2D eigenvalue weighted by atomic mass is 32.2. The number of thioether (sulfide) groups is 1. The first-order chi connectivity index (χ1) is 10.5. The number of hydrogen-bond acceptors (Lipinski definition) is 4. The largest absolute Gasteiger partial charge is 0.343 e. The minimum Gasteiger partial charge on any atom is -0.325 e. The molecule has 1 atom stereocenters. The van der Waals surface area contributed by atoms with Crippen LogP contribution >= 0.6 is 11.8 Å². The highest BCUT2D eigenvalue weighted by Gasteiger charge is 2.18. The third kappa shape index (κ3) is 4.00. The zero-order chi connectivity index (χ0) is 16.1. The van der Waals surface area contributed by atoms with Crippen LogP contribution in [-0.2, 0) is 11.3 Å². The lowest BCUT2D eigenvalue weighted by Gasteiger charge is -2.12. The summed E-state index contributed by atoms with van der Waals surface area (Å²) in [4.78, 5) is 23.9. The van der Waals surface area contributed by atoms with Crippen LogP contribution in [0.3, 0.4) is 0 Å². The fraction of sp³-hybridized carbons (Fsp3) is 0.400. The molecule has 2 aromatic rings. The van der Waals surface area contributed by atoms with Gasteiger partial charge in [-0.2, -0.15) is 0 Å². The monoisotopic (exact) mass is 320 g/mol. The Morgan fingerprint density at radius 2 is 2.27 bits per heavy atom. The third-order valence-corrected chi connectivity index (χ3v) is 4.20. The Bertz CT molecular complexity index is 708. The molecule has 0 aliphatic rings. The van der Waals surface area contributed by atoms with Gasteiger partial charge in [-0.25, -0.2) is 9.89 Å².